The summed E-state index contributed by atoms with van der Waals surface area (Å²) in [5.41, 5.74) is 0. The van der Waals surface area contributed by atoms with Crippen molar-refractivity contribution < 1.29 is 4.79 Å². The summed E-state index contributed by atoms with van der Waals surface area (Å²) in [5.74, 6) is 2.49. The molecule has 1 amide bonds. The van der Waals surface area contributed by atoms with Gasteiger partial charge in [0.25, 0.3) is 0 Å². The Labute approximate surface area is 92.0 Å². The van der Waals surface area contributed by atoms with Crippen molar-refractivity contribution in [1.82, 2.24) is 10.6 Å². The smallest absolute Gasteiger partial charge is 0.220 e. The molecule has 2 rings (SSSR count). The van der Waals surface area contributed by atoms with Gasteiger partial charge >= 0.3 is 0 Å². The number of rotatable bonds is 5. The molecule has 3 nitrogen and oxygen atoms in total. The molecule has 1 aliphatic carbocycles. The van der Waals surface area contributed by atoms with Crippen LogP contribution in [0.5, 0.6) is 0 Å². The van der Waals surface area contributed by atoms with Gasteiger partial charge in [-0.2, -0.15) is 0 Å². The van der Waals surface area contributed by atoms with Crippen LogP contribution in [0.25, 0.3) is 0 Å². The van der Waals surface area contributed by atoms with Crippen LogP contribution in [0, 0.1) is 17.8 Å². The molecule has 2 fully saturated rings. The minimum absolute atomic E-state index is 0.260. The van der Waals surface area contributed by atoms with E-state index in [-0.39, 0.29) is 5.91 Å². The quantitative estimate of drug-likeness (QED) is 0.714. The summed E-state index contributed by atoms with van der Waals surface area (Å²) < 4.78 is 0. The number of nitrogens with one attached hydrogen (secondary N) is 2. The van der Waals surface area contributed by atoms with Gasteiger partial charge in [-0.1, -0.05) is 6.92 Å². The molecule has 0 bridgehead atoms. The Morgan fingerprint density at radius 3 is 2.80 bits per heavy atom. The molecule has 1 saturated heterocycles. The normalized spacial score (nSPS) is 30.5. The Kier molecular flexibility index (Phi) is 3.62. The second kappa shape index (κ2) is 4.97. The highest BCUT2D eigenvalue weighted by atomic mass is 16.1. The van der Waals surface area contributed by atoms with Gasteiger partial charge in [-0.3, -0.25) is 4.79 Å². The summed E-state index contributed by atoms with van der Waals surface area (Å²) in [6.07, 6.45) is 4.41. The van der Waals surface area contributed by atoms with Crippen molar-refractivity contribution in [1.29, 1.82) is 0 Å². The van der Waals surface area contributed by atoms with Gasteiger partial charge in [0.05, 0.1) is 0 Å². The minimum Gasteiger partial charge on any atom is -0.356 e. The number of hydrogen-bond acceptors (Lipinski definition) is 2. The maximum atomic E-state index is 11.4. The first-order valence-corrected chi connectivity index (χ1v) is 6.23. The molecule has 1 aliphatic heterocycles. The van der Waals surface area contributed by atoms with Crippen molar-refractivity contribution in [3.8, 4) is 0 Å². The molecule has 0 radical (unpaired) electrons. The summed E-state index contributed by atoms with van der Waals surface area (Å²) in [6, 6.07) is 0. The molecule has 0 spiro atoms. The lowest BCUT2D eigenvalue weighted by atomic mass is 9.95. The summed E-state index contributed by atoms with van der Waals surface area (Å²) in [7, 11) is 0. The molecule has 2 N–H and O–H groups in total. The molecule has 2 aliphatic rings. The molecule has 0 unspecified atom stereocenters. The maximum Gasteiger partial charge on any atom is 0.220 e. The monoisotopic (exact) mass is 210 g/mol. The van der Waals surface area contributed by atoms with Crippen molar-refractivity contribution in [3.63, 3.8) is 0 Å². The van der Waals surface area contributed by atoms with E-state index in [1.165, 1.54) is 12.8 Å². The van der Waals surface area contributed by atoms with Crippen LogP contribution in [0.3, 0.4) is 0 Å². The average Bonchev–Trinajstić information content (AvgIpc) is 2.91. The average molecular weight is 210 g/mol. The third-order valence-corrected chi connectivity index (χ3v) is 3.69. The second-order valence-electron chi connectivity index (χ2n) is 5.18. The van der Waals surface area contributed by atoms with Gasteiger partial charge < -0.3 is 10.6 Å². The first kappa shape index (κ1) is 10.9. The maximum absolute atomic E-state index is 11.4. The Morgan fingerprint density at radius 2 is 2.20 bits per heavy atom. The van der Waals surface area contributed by atoms with Crippen molar-refractivity contribution in [2.24, 2.45) is 17.8 Å². The summed E-state index contributed by atoms with van der Waals surface area (Å²) in [4.78, 5) is 11.4. The van der Waals surface area contributed by atoms with Gasteiger partial charge in [0.15, 0.2) is 0 Å². The van der Waals surface area contributed by atoms with E-state index in [1.54, 1.807) is 0 Å². The number of amides is 1. The van der Waals surface area contributed by atoms with Crippen LogP contribution in [-0.4, -0.2) is 25.5 Å². The van der Waals surface area contributed by atoms with Gasteiger partial charge in [-0.15, -0.1) is 0 Å². The lowest BCUT2D eigenvalue weighted by Crippen LogP contribution is -2.27. The lowest BCUT2D eigenvalue weighted by Gasteiger charge is -2.14. The van der Waals surface area contributed by atoms with Gasteiger partial charge in [-0.25, -0.2) is 0 Å². The van der Waals surface area contributed by atoms with Crippen molar-refractivity contribution in [3.05, 3.63) is 0 Å². The fourth-order valence-corrected chi connectivity index (χ4v) is 2.30. The molecule has 86 valence electrons. The summed E-state index contributed by atoms with van der Waals surface area (Å²) in [5, 5.41) is 6.42. The first-order chi connectivity index (χ1) is 7.25. The van der Waals surface area contributed by atoms with E-state index in [1.807, 2.05) is 0 Å². The molecule has 1 saturated carbocycles. The molecule has 0 aromatic carbocycles. The van der Waals surface area contributed by atoms with Crippen molar-refractivity contribution in [2.45, 2.75) is 32.6 Å². The highest BCUT2D eigenvalue weighted by Gasteiger charge is 2.25. The molecule has 2 atom stereocenters. The van der Waals surface area contributed by atoms with E-state index < -0.39 is 0 Å². The zero-order chi connectivity index (χ0) is 10.7. The van der Waals surface area contributed by atoms with E-state index in [9.17, 15) is 4.79 Å². The second-order valence-corrected chi connectivity index (χ2v) is 5.18. The number of carbonyl (C=O) groups is 1. The lowest BCUT2D eigenvalue weighted by molar-refractivity contribution is -0.121. The zero-order valence-corrected chi connectivity index (χ0v) is 9.59. The van der Waals surface area contributed by atoms with Gasteiger partial charge in [0.1, 0.15) is 0 Å². The third kappa shape index (κ3) is 3.49. The summed E-state index contributed by atoms with van der Waals surface area (Å²) >= 11 is 0. The number of hydrogen-bond donors (Lipinski definition) is 2. The Morgan fingerprint density at radius 1 is 1.40 bits per heavy atom. The highest BCUT2D eigenvalue weighted by Crippen LogP contribution is 2.32. The SMILES string of the molecule is C[C@@H]1CNC[C@H]1CCNC(=O)CC1CC1. The molecule has 0 aromatic heterocycles. The van der Waals surface area contributed by atoms with Crippen LogP contribution in [0.4, 0.5) is 0 Å². The Hall–Kier alpha value is -0.570. The third-order valence-electron chi connectivity index (χ3n) is 3.69. The zero-order valence-electron chi connectivity index (χ0n) is 9.59. The standard InChI is InChI=1S/C12H22N2O/c1-9-7-13-8-11(9)4-5-14-12(15)6-10-2-3-10/h9-11,13H,2-8H2,1H3,(H,14,15)/t9-,11-/m1/s1. The number of carbonyl (C=O) groups excluding carboxylic acids is 1. The topological polar surface area (TPSA) is 41.1 Å². The fourth-order valence-electron chi connectivity index (χ4n) is 2.30. The molecule has 3 heteroatoms. The van der Waals surface area contributed by atoms with E-state index in [2.05, 4.69) is 17.6 Å². The molecule has 15 heavy (non-hydrogen) atoms. The van der Waals surface area contributed by atoms with E-state index >= 15 is 0 Å². The van der Waals surface area contributed by atoms with Gasteiger partial charge in [0.2, 0.25) is 5.91 Å². The van der Waals surface area contributed by atoms with Crippen LogP contribution in [0.2, 0.25) is 0 Å². The van der Waals surface area contributed by atoms with Crippen LogP contribution in [0.15, 0.2) is 0 Å². The van der Waals surface area contributed by atoms with E-state index in [0.717, 1.165) is 44.3 Å². The highest BCUT2D eigenvalue weighted by molar-refractivity contribution is 5.76. The fraction of sp³-hybridized carbons (Fsp3) is 0.917. The Balaban J connectivity index is 1.55. The van der Waals surface area contributed by atoms with Crippen molar-refractivity contribution in [2.75, 3.05) is 19.6 Å². The predicted octanol–water partition coefficient (Wildman–Crippen LogP) is 1.15. The molecule has 0 aromatic rings. The van der Waals surface area contributed by atoms with Crippen LogP contribution >= 0.6 is 0 Å². The summed E-state index contributed by atoms with van der Waals surface area (Å²) in [6.45, 7) is 5.42. The predicted molar refractivity (Wildman–Crippen MR) is 60.5 cm³/mol. The van der Waals surface area contributed by atoms with Crippen LogP contribution in [-0.2, 0) is 4.79 Å². The van der Waals surface area contributed by atoms with Gasteiger partial charge in [-0.05, 0) is 50.1 Å². The first-order valence-electron chi connectivity index (χ1n) is 6.23. The minimum atomic E-state index is 0.260. The van der Waals surface area contributed by atoms with E-state index in [0.29, 0.717) is 5.92 Å². The van der Waals surface area contributed by atoms with Crippen LogP contribution < -0.4 is 10.6 Å². The van der Waals surface area contributed by atoms with Gasteiger partial charge in [0, 0.05) is 13.0 Å². The molecular weight excluding hydrogens is 188 g/mol. The van der Waals surface area contributed by atoms with Crippen molar-refractivity contribution >= 4 is 5.91 Å². The molecule has 1 heterocycles. The van der Waals surface area contributed by atoms with Crippen LogP contribution in [0.1, 0.15) is 32.6 Å². The molecular formula is C12H22N2O. The largest absolute Gasteiger partial charge is 0.356 e. The van der Waals surface area contributed by atoms with E-state index in [4.69, 9.17) is 0 Å². The Bertz CT molecular complexity index is 226.